The maximum absolute atomic E-state index is 11.2. The molecule has 0 unspecified atom stereocenters. The molecular formula is C8H13NO3. The van der Waals surface area contributed by atoms with Gasteiger partial charge in [-0.05, 0) is 6.42 Å². The molecule has 0 aromatic rings. The van der Waals surface area contributed by atoms with Gasteiger partial charge in [0, 0.05) is 6.42 Å². The smallest absolute Gasteiger partial charge is 0.416 e. The normalized spacial score (nSPS) is 22.7. The Morgan fingerprint density at radius 2 is 2.33 bits per heavy atom. The molecule has 0 N–H and O–H groups in total. The van der Waals surface area contributed by atoms with Crippen molar-refractivity contribution in [3.63, 3.8) is 0 Å². The van der Waals surface area contributed by atoms with E-state index in [1.165, 1.54) is 4.90 Å². The fourth-order valence-corrected chi connectivity index (χ4v) is 1.24. The molecule has 68 valence electrons. The molecule has 0 saturated carbocycles. The molecule has 2 amide bonds. The van der Waals surface area contributed by atoms with E-state index in [0.29, 0.717) is 13.0 Å². The van der Waals surface area contributed by atoms with E-state index in [1.807, 2.05) is 6.92 Å². The minimum Gasteiger partial charge on any atom is -0.447 e. The van der Waals surface area contributed by atoms with Crippen molar-refractivity contribution < 1.29 is 14.3 Å². The summed E-state index contributed by atoms with van der Waals surface area (Å²) in [6.45, 7) is 4.02. The van der Waals surface area contributed by atoms with Crippen molar-refractivity contribution >= 4 is 12.0 Å². The SMILES string of the molecule is CCC(=O)N1C(=O)OC[C@H]1CC. The zero-order valence-corrected chi connectivity index (χ0v) is 7.37. The van der Waals surface area contributed by atoms with Crippen LogP contribution in [0.2, 0.25) is 0 Å². The number of hydrogen-bond donors (Lipinski definition) is 0. The first-order valence-electron chi connectivity index (χ1n) is 4.19. The van der Waals surface area contributed by atoms with Crippen molar-refractivity contribution in [1.29, 1.82) is 0 Å². The molecule has 0 aliphatic carbocycles. The van der Waals surface area contributed by atoms with Crippen molar-refractivity contribution in [2.24, 2.45) is 0 Å². The number of ether oxygens (including phenoxy) is 1. The number of hydrogen-bond acceptors (Lipinski definition) is 3. The van der Waals surface area contributed by atoms with Crippen molar-refractivity contribution in [2.45, 2.75) is 32.7 Å². The number of imide groups is 1. The predicted octanol–water partition coefficient (Wildman–Crippen LogP) is 1.15. The number of carbonyl (C=O) groups excluding carboxylic acids is 2. The number of carbonyl (C=O) groups is 2. The second-order valence-corrected chi connectivity index (χ2v) is 2.76. The van der Waals surface area contributed by atoms with Gasteiger partial charge < -0.3 is 4.74 Å². The molecule has 1 fully saturated rings. The standard InChI is InChI=1S/C8H13NO3/c1-3-6-5-12-8(11)9(6)7(10)4-2/h6H,3-5H2,1-2H3/t6-/m1/s1. The number of amides is 2. The molecule has 0 bridgehead atoms. The van der Waals surface area contributed by atoms with Gasteiger partial charge in [-0.25, -0.2) is 9.69 Å². The maximum atomic E-state index is 11.2. The van der Waals surface area contributed by atoms with Crippen LogP contribution in [0.1, 0.15) is 26.7 Å². The van der Waals surface area contributed by atoms with E-state index in [0.717, 1.165) is 6.42 Å². The summed E-state index contributed by atoms with van der Waals surface area (Å²) in [7, 11) is 0. The van der Waals surface area contributed by atoms with Crippen LogP contribution < -0.4 is 0 Å². The molecule has 1 aliphatic rings. The summed E-state index contributed by atoms with van der Waals surface area (Å²) < 4.78 is 4.76. The summed E-state index contributed by atoms with van der Waals surface area (Å²) in [6.07, 6.45) is 0.622. The molecule has 0 aromatic heterocycles. The van der Waals surface area contributed by atoms with Gasteiger partial charge in [0.25, 0.3) is 0 Å². The molecule has 4 heteroatoms. The van der Waals surface area contributed by atoms with Gasteiger partial charge in [0.2, 0.25) is 5.91 Å². The Kier molecular flexibility index (Phi) is 2.68. The van der Waals surface area contributed by atoms with Gasteiger partial charge in [0.1, 0.15) is 6.61 Å². The molecule has 1 atom stereocenters. The predicted molar refractivity (Wildman–Crippen MR) is 42.6 cm³/mol. The summed E-state index contributed by atoms with van der Waals surface area (Å²) in [5.74, 6) is -0.149. The van der Waals surface area contributed by atoms with E-state index in [4.69, 9.17) is 4.74 Å². The average molecular weight is 171 g/mol. The van der Waals surface area contributed by atoms with Gasteiger partial charge >= 0.3 is 6.09 Å². The highest BCUT2D eigenvalue weighted by atomic mass is 16.6. The first-order chi connectivity index (χ1) is 5.70. The number of nitrogens with zero attached hydrogens (tertiary/aromatic N) is 1. The fourth-order valence-electron chi connectivity index (χ4n) is 1.24. The van der Waals surface area contributed by atoms with Crippen molar-refractivity contribution in [3.05, 3.63) is 0 Å². The van der Waals surface area contributed by atoms with Crippen LogP contribution in [0.3, 0.4) is 0 Å². The molecule has 0 aromatic carbocycles. The number of rotatable bonds is 2. The average Bonchev–Trinajstić information content (AvgIpc) is 2.45. The molecule has 0 spiro atoms. The summed E-state index contributed by atoms with van der Waals surface area (Å²) in [6, 6.07) is -0.0510. The monoisotopic (exact) mass is 171 g/mol. The molecule has 1 aliphatic heterocycles. The Balaban J connectivity index is 2.70. The molecule has 1 rings (SSSR count). The third kappa shape index (κ3) is 1.42. The lowest BCUT2D eigenvalue weighted by atomic mass is 10.2. The van der Waals surface area contributed by atoms with Crippen LogP contribution >= 0.6 is 0 Å². The van der Waals surface area contributed by atoms with Crippen LogP contribution in [0.15, 0.2) is 0 Å². The van der Waals surface area contributed by atoms with Crippen LogP contribution in [-0.4, -0.2) is 29.5 Å². The Bertz CT molecular complexity index is 202. The molecule has 1 heterocycles. The lowest BCUT2D eigenvalue weighted by Gasteiger charge is -2.16. The Morgan fingerprint density at radius 1 is 1.67 bits per heavy atom. The largest absolute Gasteiger partial charge is 0.447 e. The molecule has 12 heavy (non-hydrogen) atoms. The van der Waals surface area contributed by atoms with E-state index in [1.54, 1.807) is 6.92 Å². The third-order valence-electron chi connectivity index (χ3n) is 2.00. The second kappa shape index (κ2) is 3.56. The van der Waals surface area contributed by atoms with E-state index < -0.39 is 6.09 Å². The minimum atomic E-state index is -0.492. The van der Waals surface area contributed by atoms with Crippen LogP contribution in [-0.2, 0) is 9.53 Å². The summed E-state index contributed by atoms with van der Waals surface area (Å²) in [4.78, 5) is 23.5. The van der Waals surface area contributed by atoms with E-state index in [2.05, 4.69) is 0 Å². The number of cyclic esters (lactones) is 1. The molecule has 1 saturated heterocycles. The van der Waals surface area contributed by atoms with Crippen LogP contribution in [0.4, 0.5) is 4.79 Å². The highest BCUT2D eigenvalue weighted by molar-refractivity contribution is 5.93. The van der Waals surface area contributed by atoms with Gasteiger partial charge in [0.05, 0.1) is 6.04 Å². The van der Waals surface area contributed by atoms with Crippen molar-refractivity contribution in [2.75, 3.05) is 6.61 Å². The van der Waals surface area contributed by atoms with E-state index >= 15 is 0 Å². The van der Waals surface area contributed by atoms with Crippen LogP contribution in [0.5, 0.6) is 0 Å². The minimum absolute atomic E-state index is 0.0510. The molecule has 0 radical (unpaired) electrons. The Hall–Kier alpha value is -1.06. The summed E-state index contributed by atoms with van der Waals surface area (Å²) in [5.41, 5.74) is 0. The maximum Gasteiger partial charge on any atom is 0.416 e. The zero-order chi connectivity index (χ0) is 9.14. The van der Waals surface area contributed by atoms with Gasteiger partial charge in [-0.1, -0.05) is 13.8 Å². The van der Waals surface area contributed by atoms with Crippen molar-refractivity contribution in [3.8, 4) is 0 Å². The van der Waals surface area contributed by atoms with Crippen molar-refractivity contribution in [1.82, 2.24) is 4.90 Å². The fraction of sp³-hybridized carbons (Fsp3) is 0.750. The molecular weight excluding hydrogens is 158 g/mol. The lowest BCUT2D eigenvalue weighted by molar-refractivity contribution is -0.128. The summed E-state index contributed by atoms with van der Waals surface area (Å²) in [5, 5.41) is 0. The topological polar surface area (TPSA) is 46.6 Å². The van der Waals surface area contributed by atoms with Gasteiger partial charge in [0.15, 0.2) is 0 Å². The Labute approximate surface area is 71.5 Å². The highest BCUT2D eigenvalue weighted by Gasteiger charge is 2.35. The van der Waals surface area contributed by atoms with Gasteiger partial charge in [-0.2, -0.15) is 0 Å². The first-order valence-corrected chi connectivity index (χ1v) is 4.19. The highest BCUT2D eigenvalue weighted by Crippen LogP contribution is 2.15. The molecule has 4 nitrogen and oxygen atoms in total. The van der Waals surface area contributed by atoms with Crippen LogP contribution in [0, 0.1) is 0 Å². The quantitative estimate of drug-likeness (QED) is 0.626. The van der Waals surface area contributed by atoms with Crippen LogP contribution in [0.25, 0.3) is 0 Å². The van der Waals surface area contributed by atoms with E-state index in [-0.39, 0.29) is 11.9 Å². The third-order valence-corrected chi connectivity index (χ3v) is 2.00. The van der Waals surface area contributed by atoms with Gasteiger partial charge in [-0.15, -0.1) is 0 Å². The Morgan fingerprint density at radius 3 is 2.83 bits per heavy atom. The van der Waals surface area contributed by atoms with E-state index in [9.17, 15) is 9.59 Å². The van der Waals surface area contributed by atoms with Gasteiger partial charge in [-0.3, -0.25) is 4.79 Å². The summed E-state index contributed by atoms with van der Waals surface area (Å²) >= 11 is 0. The first kappa shape index (κ1) is 9.03. The second-order valence-electron chi connectivity index (χ2n) is 2.76. The zero-order valence-electron chi connectivity index (χ0n) is 7.37. The lowest BCUT2D eigenvalue weighted by Crippen LogP contribution is -2.38.